The number of carbonyl (C=O) groups is 1. The number of amides is 1. The molecule has 0 N–H and O–H groups in total. The fraction of sp³-hybridized carbons (Fsp3) is 0.211. The first-order chi connectivity index (χ1) is 13.0. The van der Waals surface area contributed by atoms with Crippen molar-refractivity contribution in [2.75, 3.05) is 21.3 Å². The standard InChI is InChI=1S/C19H18BrN3O4/c1-23(19(24)12-4-6-13(20)7-5-12)11-17-21-18(22-27-17)15-9-8-14(25-2)10-16(15)26-3/h4-10H,11H2,1-3H3. The van der Waals surface area contributed by atoms with Gasteiger partial charge in [0, 0.05) is 23.2 Å². The molecule has 2 aromatic carbocycles. The number of nitrogens with zero attached hydrogens (tertiary/aromatic N) is 3. The third-order valence-electron chi connectivity index (χ3n) is 3.93. The van der Waals surface area contributed by atoms with Crippen LogP contribution in [0.5, 0.6) is 11.5 Å². The predicted octanol–water partition coefficient (Wildman–Crippen LogP) is 3.79. The Balaban J connectivity index is 1.76. The molecule has 1 heterocycles. The quantitative estimate of drug-likeness (QED) is 0.590. The van der Waals surface area contributed by atoms with E-state index in [4.69, 9.17) is 14.0 Å². The van der Waals surface area contributed by atoms with Crippen LogP contribution in [-0.2, 0) is 6.54 Å². The highest BCUT2D eigenvalue weighted by atomic mass is 79.9. The van der Waals surface area contributed by atoms with Gasteiger partial charge in [0.2, 0.25) is 11.7 Å². The van der Waals surface area contributed by atoms with E-state index in [2.05, 4.69) is 26.1 Å². The summed E-state index contributed by atoms with van der Waals surface area (Å²) in [5, 5.41) is 4.00. The van der Waals surface area contributed by atoms with Crippen LogP contribution < -0.4 is 9.47 Å². The van der Waals surface area contributed by atoms with Gasteiger partial charge < -0.3 is 18.9 Å². The SMILES string of the molecule is COc1ccc(-c2noc(CN(C)C(=O)c3ccc(Br)cc3)n2)c(OC)c1. The molecule has 0 saturated heterocycles. The van der Waals surface area contributed by atoms with E-state index in [0.29, 0.717) is 34.3 Å². The van der Waals surface area contributed by atoms with Crippen molar-refractivity contribution in [1.29, 1.82) is 0 Å². The maximum atomic E-state index is 12.5. The summed E-state index contributed by atoms with van der Waals surface area (Å²) < 4.78 is 16.8. The molecule has 0 bridgehead atoms. The Morgan fingerprint density at radius 1 is 1.15 bits per heavy atom. The van der Waals surface area contributed by atoms with Crippen LogP contribution in [-0.4, -0.2) is 42.2 Å². The fourth-order valence-electron chi connectivity index (χ4n) is 2.50. The predicted molar refractivity (Wildman–Crippen MR) is 103 cm³/mol. The van der Waals surface area contributed by atoms with Crippen molar-refractivity contribution in [1.82, 2.24) is 15.0 Å². The normalized spacial score (nSPS) is 10.5. The van der Waals surface area contributed by atoms with E-state index in [9.17, 15) is 4.79 Å². The van der Waals surface area contributed by atoms with Gasteiger partial charge in [-0.2, -0.15) is 4.98 Å². The Kier molecular flexibility index (Phi) is 5.75. The van der Waals surface area contributed by atoms with Crippen molar-refractivity contribution in [3.05, 3.63) is 58.4 Å². The van der Waals surface area contributed by atoms with Crippen molar-refractivity contribution in [3.8, 4) is 22.9 Å². The van der Waals surface area contributed by atoms with Crippen LogP contribution in [0.1, 0.15) is 16.2 Å². The van der Waals surface area contributed by atoms with Gasteiger partial charge >= 0.3 is 0 Å². The lowest BCUT2D eigenvalue weighted by Crippen LogP contribution is -2.26. The van der Waals surface area contributed by atoms with Crippen LogP contribution in [0.3, 0.4) is 0 Å². The summed E-state index contributed by atoms with van der Waals surface area (Å²) in [5.74, 6) is 1.81. The topological polar surface area (TPSA) is 77.7 Å². The lowest BCUT2D eigenvalue weighted by atomic mass is 10.2. The van der Waals surface area contributed by atoms with Crippen molar-refractivity contribution >= 4 is 21.8 Å². The van der Waals surface area contributed by atoms with Gasteiger partial charge in [0.25, 0.3) is 5.91 Å². The van der Waals surface area contributed by atoms with E-state index >= 15 is 0 Å². The summed E-state index contributed by atoms with van der Waals surface area (Å²) in [7, 11) is 4.82. The molecule has 0 atom stereocenters. The molecule has 0 spiro atoms. The molecule has 0 saturated carbocycles. The van der Waals surface area contributed by atoms with Gasteiger partial charge in [-0.3, -0.25) is 4.79 Å². The number of carbonyl (C=O) groups excluding carboxylic acids is 1. The first-order valence-electron chi connectivity index (χ1n) is 8.08. The summed E-state index contributed by atoms with van der Waals surface area (Å²) in [5.41, 5.74) is 1.26. The molecule has 7 nitrogen and oxygen atoms in total. The molecular formula is C19H18BrN3O4. The summed E-state index contributed by atoms with van der Waals surface area (Å²) in [6, 6.07) is 12.5. The van der Waals surface area contributed by atoms with E-state index in [1.54, 1.807) is 51.6 Å². The summed E-state index contributed by atoms with van der Waals surface area (Å²) in [6.45, 7) is 0.195. The molecule has 1 amide bonds. The molecule has 0 fully saturated rings. The first-order valence-corrected chi connectivity index (χ1v) is 8.87. The average Bonchev–Trinajstić information content (AvgIpc) is 3.15. The zero-order valence-corrected chi connectivity index (χ0v) is 16.7. The molecule has 27 heavy (non-hydrogen) atoms. The largest absolute Gasteiger partial charge is 0.497 e. The van der Waals surface area contributed by atoms with Gasteiger partial charge in [0.05, 0.1) is 26.3 Å². The van der Waals surface area contributed by atoms with Crippen LogP contribution >= 0.6 is 15.9 Å². The van der Waals surface area contributed by atoms with Crippen molar-refractivity contribution in [2.24, 2.45) is 0 Å². The highest BCUT2D eigenvalue weighted by Gasteiger charge is 2.18. The van der Waals surface area contributed by atoms with Crippen LogP contribution in [0.15, 0.2) is 51.5 Å². The number of ether oxygens (including phenoxy) is 2. The molecule has 0 radical (unpaired) electrons. The van der Waals surface area contributed by atoms with E-state index in [0.717, 1.165) is 4.47 Å². The molecule has 3 rings (SSSR count). The third kappa shape index (κ3) is 4.28. The molecule has 8 heteroatoms. The molecule has 140 valence electrons. The summed E-state index contributed by atoms with van der Waals surface area (Å²) in [4.78, 5) is 18.4. The van der Waals surface area contributed by atoms with E-state index < -0.39 is 0 Å². The monoisotopic (exact) mass is 431 g/mol. The molecule has 0 aliphatic heterocycles. The minimum absolute atomic E-state index is 0.135. The second kappa shape index (κ2) is 8.22. The van der Waals surface area contributed by atoms with Crippen molar-refractivity contribution < 1.29 is 18.8 Å². The van der Waals surface area contributed by atoms with Gasteiger partial charge in [-0.25, -0.2) is 0 Å². The molecule has 0 unspecified atom stereocenters. The fourth-order valence-corrected chi connectivity index (χ4v) is 2.76. The van der Waals surface area contributed by atoms with Crippen LogP contribution in [0.2, 0.25) is 0 Å². The van der Waals surface area contributed by atoms with Crippen molar-refractivity contribution in [3.63, 3.8) is 0 Å². The molecular weight excluding hydrogens is 414 g/mol. The third-order valence-corrected chi connectivity index (χ3v) is 4.46. The number of halogens is 1. The Morgan fingerprint density at radius 3 is 2.56 bits per heavy atom. The van der Waals surface area contributed by atoms with Gasteiger partial charge in [-0.15, -0.1) is 0 Å². The number of hydrogen-bond acceptors (Lipinski definition) is 6. The van der Waals surface area contributed by atoms with E-state index in [1.165, 1.54) is 4.90 Å². The number of rotatable bonds is 6. The van der Waals surface area contributed by atoms with E-state index in [1.807, 2.05) is 12.1 Å². The summed E-state index contributed by atoms with van der Waals surface area (Å²) in [6.07, 6.45) is 0. The average molecular weight is 432 g/mol. The minimum atomic E-state index is -0.135. The second-order valence-electron chi connectivity index (χ2n) is 5.75. The number of hydrogen-bond donors (Lipinski definition) is 0. The number of benzene rings is 2. The Bertz CT molecular complexity index is 940. The number of methoxy groups -OCH3 is 2. The number of aromatic nitrogens is 2. The Labute approximate surface area is 165 Å². The van der Waals surface area contributed by atoms with Gasteiger partial charge in [0.15, 0.2) is 0 Å². The van der Waals surface area contributed by atoms with E-state index in [-0.39, 0.29) is 12.5 Å². The minimum Gasteiger partial charge on any atom is -0.497 e. The lowest BCUT2D eigenvalue weighted by molar-refractivity contribution is 0.0769. The van der Waals surface area contributed by atoms with Gasteiger partial charge in [-0.1, -0.05) is 21.1 Å². The van der Waals surface area contributed by atoms with Gasteiger partial charge in [-0.05, 0) is 36.4 Å². The van der Waals surface area contributed by atoms with Gasteiger partial charge in [0.1, 0.15) is 11.5 Å². The molecule has 1 aromatic heterocycles. The Morgan fingerprint density at radius 2 is 1.89 bits per heavy atom. The zero-order chi connectivity index (χ0) is 19.4. The molecule has 0 aliphatic rings. The first kappa shape index (κ1) is 18.9. The highest BCUT2D eigenvalue weighted by molar-refractivity contribution is 9.10. The van der Waals surface area contributed by atoms with Crippen LogP contribution in [0.4, 0.5) is 0 Å². The molecule has 3 aromatic rings. The second-order valence-corrected chi connectivity index (χ2v) is 6.66. The maximum absolute atomic E-state index is 12.5. The van der Waals surface area contributed by atoms with Crippen molar-refractivity contribution in [2.45, 2.75) is 6.54 Å². The summed E-state index contributed by atoms with van der Waals surface area (Å²) >= 11 is 3.35. The van der Waals surface area contributed by atoms with Crippen LogP contribution in [0.25, 0.3) is 11.4 Å². The smallest absolute Gasteiger partial charge is 0.254 e. The zero-order valence-electron chi connectivity index (χ0n) is 15.1. The lowest BCUT2D eigenvalue weighted by Gasteiger charge is -2.14. The molecule has 0 aliphatic carbocycles. The maximum Gasteiger partial charge on any atom is 0.254 e. The highest BCUT2D eigenvalue weighted by Crippen LogP contribution is 2.31. The Hall–Kier alpha value is -2.87. The van der Waals surface area contributed by atoms with Crippen LogP contribution in [0, 0.1) is 0 Å².